The van der Waals surface area contributed by atoms with Gasteiger partial charge in [-0.25, -0.2) is 0 Å². The Morgan fingerprint density at radius 2 is 1.74 bits per heavy atom. The number of likely N-dealkylation sites (tertiary alicyclic amines) is 1. The Morgan fingerprint density at radius 1 is 1.13 bits per heavy atom. The van der Waals surface area contributed by atoms with E-state index >= 15 is 0 Å². The third-order valence-electron chi connectivity index (χ3n) is 5.08. The summed E-state index contributed by atoms with van der Waals surface area (Å²) >= 11 is 5.91. The molecule has 0 aliphatic carbocycles. The summed E-state index contributed by atoms with van der Waals surface area (Å²) in [5.74, 6) is -1.81. The summed E-state index contributed by atoms with van der Waals surface area (Å²) in [4.78, 5) is 39.6. The number of nitro groups is 1. The van der Waals surface area contributed by atoms with E-state index in [9.17, 15) is 24.8 Å². The Labute approximate surface area is 184 Å². The van der Waals surface area contributed by atoms with E-state index in [2.05, 4.69) is 0 Å². The molecule has 1 saturated heterocycles. The van der Waals surface area contributed by atoms with E-state index in [4.69, 9.17) is 11.6 Å². The second-order valence-electron chi connectivity index (χ2n) is 7.50. The zero-order chi connectivity index (χ0) is 22.7. The second-order valence-corrected chi connectivity index (χ2v) is 7.94. The van der Waals surface area contributed by atoms with Gasteiger partial charge in [0.15, 0.2) is 0 Å². The standard InChI is InChI=1S/C22H22ClN3O5/c1-24(2)12-3-13-25-19(14-6-10-17(11-7-14)26(30)31)18(21(28)22(25)29)20(27)15-4-8-16(23)9-5-15/h4-11,19,27H,3,12-13H2,1-2H3. The van der Waals surface area contributed by atoms with Gasteiger partial charge in [0, 0.05) is 29.3 Å². The summed E-state index contributed by atoms with van der Waals surface area (Å²) in [5, 5.41) is 22.4. The van der Waals surface area contributed by atoms with Gasteiger partial charge in [0.1, 0.15) is 5.76 Å². The van der Waals surface area contributed by atoms with Gasteiger partial charge in [-0.15, -0.1) is 0 Å². The molecule has 1 fully saturated rings. The van der Waals surface area contributed by atoms with Crippen LogP contribution in [0.15, 0.2) is 54.1 Å². The van der Waals surface area contributed by atoms with E-state index < -0.39 is 22.7 Å². The molecule has 8 nitrogen and oxygen atoms in total. The van der Waals surface area contributed by atoms with Crippen molar-refractivity contribution in [3.8, 4) is 0 Å². The molecule has 0 bridgehead atoms. The van der Waals surface area contributed by atoms with Gasteiger partial charge in [-0.3, -0.25) is 19.7 Å². The number of nitro benzene ring substituents is 1. The first-order valence-electron chi connectivity index (χ1n) is 9.64. The number of carbonyl (C=O) groups excluding carboxylic acids is 2. The van der Waals surface area contributed by atoms with Gasteiger partial charge in [0.25, 0.3) is 17.4 Å². The zero-order valence-corrected chi connectivity index (χ0v) is 17.9. The molecule has 1 aliphatic heterocycles. The van der Waals surface area contributed by atoms with Crippen LogP contribution in [0.1, 0.15) is 23.6 Å². The fourth-order valence-electron chi connectivity index (χ4n) is 3.56. The summed E-state index contributed by atoms with van der Waals surface area (Å²) < 4.78 is 0. The minimum Gasteiger partial charge on any atom is -0.507 e. The van der Waals surface area contributed by atoms with Crippen molar-refractivity contribution in [3.63, 3.8) is 0 Å². The van der Waals surface area contributed by atoms with Crippen molar-refractivity contribution in [1.29, 1.82) is 0 Å². The molecule has 2 aromatic rings. The lowest BCUT2D eigenvalue weighted by Gasteiger charge is -2.26. The fourth-order valence-corrected chi connectivity index (χ4v) is 3.68. The van der Waals surface area contributed by atoms with Gasteiger partial charge in [-0.1, -0.05) is 11.6 Å². The minimum absolute atomic E-state index is 0.0500. The number of aliphatic hydroxyl groups excluding tert-OH is 1. The van der Waals surface area contributed by atoms with Crippen LogP contribution >= 0.6 is 11.6 Å². The molecule has 162 valence electrons. The van der Waals surface area contributed by atoms with Gasteiger partial charge >= 0.3 is 0 Å². The van der Waals surface area contributed by atoms with Crippen LogP contribution in [-0.2, 0) is 9.59 Å². The van der Waals surface area contributed by atoms with E-state index in [0.29, 0.717) is 35.7 Å². The quantitative estimate of drug-likeness (QED) is 0.230. The molecular weight excluding hydrogens is 422 g/mol. The molecule has 2 aromatic carbocycles. The van der Waals surface area contributed by atoms with Crippen LogP contribution in [0.25, 0.3) is 5.76 Å². The highest BCUT2D eigenvalue weighted by molar-refractivity contribution is 6.46. The monoisotopic (exact) mass is 443 g/mol. The maximum atomic E-state index is 12.9. The summed E-state index contributed by atoms with van der Waals surface area (Å²) in [6.07, 6.45) is 0.616. The lowest BCUT2D eigenvalue weighted by Crippen LogP contribution is -2.32. The van der Waals surface area contributed by atoms with E-state index in [1.807, 2.05) is 19.0 Å². The first-order valence-corrected chi connectivity index (χ1v) is 10.0. The molecule has 9 heteroatoms. The molecule has 0 aromatic heterocycles. The van der Waals surface area contributed by atoms with Crippen LogP contribution in [0.4, 0.5) is 5.69 Å². The highest BCUT2D eigenvalue weighted by Crippen LogP contribution is 2.40. The number of non-ortho nitro benzene ring substituents is 1. The molecule has 0 radical (unpaired) electrons. The number of Topliss-reactive ketones (excluding diaryl/α,β-unsaturated/α-hetero) is 1. The maximum Gasteiger partial charge on any atom is 0.295 e. The third kappa shape index (κ3) is 4.76. The molecule has 1 atom stereocenters. The number of hydrogen-bond donors (Lipinski definition) is 1. The van der Waals surface area contributed by atoms with E-state index in [-0.39, 0.29) is 17.0 Å². The number of amides is 1. The molecule has 3 rings (SSSR count). The van der Waals surface area contributed by atoms with Gasteiger partial charge < -0.3 is 14.9 Å². The van der Waals surface area contributed by atoms with Crippen molar-refractivity contribution in [2.45, 2.75) is 12.5 Å². The van der Waals surface area contributed by atoms with Crippen LogP contribution in [0.3, 0.4) is 0 Å². The Hall–Kier alpha value is -3.23. The number of aliphatic hydroxyl groups is 1. The lowest BCUT2D eigenvalue weighted by molar-refractivity contribution is -0.384. The van der Waals surface area contributed by atoms with Crippen molar-refractivity contribution in [1.82, 2.24) is 9.80 Å². The average molecular weight is 444 g/mol. The van der Waals surface area contributed by atoms with E-state index in [0.717, 1.165) is 0 Å². The fraction of sp³-hybridized carbons (Fsp3) is 0.273. The molecular formula is C22H22ClN3O5. The van der Waals surface area contributed by atoms with Crippen LogP contribution < -0.4 is 0 Å². The third-order valence-corrected chi connectivity index (χ3v) is 5.33. The molecule has 1 aliphatic rings. The largest absolute Gasteiger partial charge is 0.507 e. The number of carbonyl (C=O) groups is 2. The number of hydrogen-bond acceptors (Lipinski definition) is 6. The Bertz CT molecular complexity index is 1030. The van der Waals surface area contributed by atoms with Crippen LogP contribution in [0.5, 0.6) is 0 Å². The van der Waals surface area contributed by atoms with Crippen molar-refractivity contribution < 1.29 is 19.6 Å². The number of halogens is 1. The Kier molecular flexibility index (Phi) is 6.72. The van der Waals surface area contributed by atoms with Gasteiger partial charge in [-0.05, 0) is 69.0 Å². The van der Waals surface area contributed by atoms with Crippen molar-refractivity contribution in [3.05, 3.63) is 80.4 Å². The molecule has 0 spiro atoms. The number of benzene rings is 2. The normalized spacial score (nSPS) is 18.1. The first kappa shape index (κ1) is 22.5. The van der Waals surface area contributed by atoms with Crippen molar-refractivity contribution in [2.75, 3.05) is 27.2 Å². The Morgan fingerprint density at radius 3 is 2.29 bits per heavy atom. The van der Waals surface area contributed by atoms with Gasteiger partial charge in [0.2, 0.25) is 0 Å². The van der Waals surface area contributed by atoms with Gasteiger partial charge in [0.05, 0.1) is 16.5 Å². The topological polar surface area (TPSA) is 104 Å². The summed E-state index contributed by atoms with van der Waals surface area (Å²) in [7, 11) is 3.81. The second kappa shape index (κ2) is 9.28. The molecule has 0 saturated carbocycles. The zero-order valence-electron chi connectivity index (χ0n) is 17.1. The number of nitrogens with zero attached hydrogens (tertiary/aromatic N) is 3. The number of ketones is 1. The van der Waals surface area contributed by atoms with Crippen LogP contribution in [-0.4, -0.2) is 58.7 Å². The summed E-state index contributed by atoms with van der Waals surface area (Å²) in [5.41, 5.74) is 0.699. The SMILES string of the molecule is CN(C)CCCN1C(=O)C(=O)C(=C(O)c2ccc(Cl)cc2)C1c1ccc([N+](=O)[O-])cc1. The molecule has 1 N–H and O–H groups in total. The summed E-state index contributed by atoms with van der Waals surface area (Å²) in [6.45, 7) is 0.995. The molecule has 1 amide bonds. The minimum atomic E-state index is -0.848. The molecule has 1 unspecified atom stereocenters. The van der Waals surface area contributed by atoms with Crippen molar-refractivity contribution in [2.24, 2.45) is 0 Å². The predicted octanol–water partition coefficient (Wildman–Crippen LogP) is 3.62. The first-order chi connectivity index (χ1) is 14.7. The van der Waals surface area contributed by atoms with Crippen molar-refractivity contribution >= 4 is 34.7 Å². The van der Waals surface area contributed by atoms with Crippen LogP contribution in [0.2, 0.25) is 5.02 Å². The predicted molar refractivity (Wildman–Crippen MR) is 117 cm³/mol. The smallest absolute Gasteiger partial charge is 0.295 e. The maximum absolute atomic E-state index is 12.9. The lowest BCUT2D eigenvalue weighted by atomic mass is 9.95. The average Bonchev–Trinajstić information content (AvgIpc) is 2.98. The van der Waals surface area contributed by atoms with E-state index in [1.165, 1.54) is 29.2 Å². The number of rotatable bonds is 7. The summed E-state index contributed by atoms with van der Waals surface area (Å²) in [6, 6.07) is 11.1. The Balaban J connectivity index is 2.09. The van der Waals surface area contributed by atoms with Crippen LogP contribution in [0, 0.1) is 10.1 Å². The molecule has 31 heavy (non-hydrogen) atoms. The molecule has 1 heterocycles. The highest BCUT2D eigenvalue weighted by atomic mass is 35.5. The van der Waals surface area contributed by atoms with E-state index in [1.54, 1.807) is 24.3 Å². The highest BCUT2D eigenvalue weighted by Gasteiger charge is 2.45. The van der Waals surface area contributed by atoms with Gasteiger partial charge in [-0.2, -0.15) is 0 Å².